The van der Waals surface area contributed by atoms with E-state index < -0.39 is 20.2 Å². The molecule has 0 unspecified atom stereocenters. The lowest BCUT2D eigenvalue weighted by Crippen LogP contribution is -2.08. The van der Waals surface area contributed by atoms with Crippen LogP contribution in [0.25, 0.3) is 22.3 Å². The Morgan fingerprint density at radius 3 is 1.85 bits per heavy atom. The van der Waals surface area contributed by atoms with Gasteiger partial charge in [-0.3, -0.25) is 0 Å². The normalized spacial score (nSPS) is 11.4. The smallest absolute Gasteiger partial charge is 0.306 e. The Bertz CT molecular complexity index is 1620. The Labute approximate surface area is 241 Å². The van der Waals surface area contributed by atoms with Crippen LogP contribution in [0.2, 0.25) is 0 Å². The van der Waals surface area contributed by atoms with E-state index in [1.807, 2.05) is 19.9 Å². The standard InChI is InChI=1S/C29H34O10S2/c1-19(2)9-8-16-37-24-15-12-21(17-25(24)39-41(7,32)33)27-26(34-3)18-23(28(35-4)29(27)36-5)20-10-13-22(14-11-20)38-40(6,30)31/h9-15,17-18H,8,16H2,1-7H3. The van der Waals surface area contributed by atoms with Crippen molar-refractivity contribution in [1.29, 1.82) is 0 Å². The molecule has 0 aromatic heterocycles. The highest BCUT2D eigenvalue weighted by Crippen LogP contribution is 2.51. The SMILES string of the molecule is COc1cc(-c2ccc(OS(C)(=O)=O)cc2)c(OC)c(OC)c1-c1ccc(OCCC=C(C)C)c(OS(C)(=O)=O)c1. The fraction of sp³-hybridized carbons (Fsp3) is 0.310. The van der Waals surface area contributed by atoms with Gasteiger partial charge in [0, 0.05) is 5.56 Å². The van der Waals surface area contributed by atoms with Gasteiger partial charge < -0.3 is 27.3 Å². The van der Waals surface area contributed by atoms with Crippen molar-refractivity contribution in [3.63, 3.8) is 0 Å². The Morgan fingerprint density at radius 1 is 0.707 bits per heavy atom. The molecule has 41 heavy (non-hydrogen) atoms. The second-order valence-corrected chi connectivity index (χ2v) is 12.4. The second kappa shape index (κ2) is 13.2. The fourth-order valence-corrected chi connectivity index (χ4v) is 4.97. The van der Waals surface area contributed by atoms with Gasteiger partial charge in [-0.1, -0.05) is 29.8 Å². The number of methoxy groups -OCH3 is 3. The first-order valence-electron chi connectivity index (χ1n) is 12.4. The van der Waals surface area contributed by atoms with Crippen LogP contribution in [-0.2, 0) is 20.2 Å². The lowest BCUT2D eigenvalue weighted by Gasteiger charge is -2.21. The van der Waals surface area contributed by atoms with Gasteiger partial charge in [-0.25, -0.2) is 0 Å². The van der Waals surface area contributed by atoms with E-state index in [-0.39, 0.29) is 17.2 Å². The summed E-state index contributed by atoms with van der Waals surface area (Å²) in [6, 6.07) is 13.0. The zero-order valence-electron chi connectivity index (χ0n) is 24.0. The van der Waals surface area contributed by atoms with Crippen LogP contribution in [0.4, 0.5) is 0 Å². The number of allylic oxidation sites excluding steroid dienone is 1. The van der Waals surface area contributed by atoms with Gasteiger partial charge in [0.25, 0.3) is 0 Å². The van der Waals surface area contributed by atoms with Crippen LogP contribution in [0.3, 0.4) is 0 Å². The molecule has 0 amide bonds. The van der Waals surface area contributed by atoms with E-state index in [0.29, 0.717) is 52.5 Å². The molecule has 0 aliphatic carbocycles. The van der Waals surface area contributed by atoms with Gasteiger partial charge >= 0.3 is 20.2 Å². The van der Waals surface area contributed by atoms with Crippen LogP contribution >= 0.6 is 0 Å². The van der Waals surface area contributed by atoms with Gasteiger partial charge in [0.15, 0.2) is 23.0 Å². The largest absolute Gasteiger partial charge is 0.496 e. The van der Waals surface area contributed by atoms with Gasteiger partial charge in [-0.15, -0.1) is 0 Å². The number of benzene rings is 3. The molecule has 3 rings (SSSR count). The molecule has 0 aliphatic heterocycles. The lowest BCUT2D eigenvalue weighted by atomic mass is 9.96. The highest BCUT2D eigenvalue weighted by atomic mass is 32.2. The maximum Gasteiger partial charge on any atom is 0.306 e. The summed E-state index contributed by atoms with van der Waals surface area (Å²) < 4.78 is 80.4. The van der Waals surface area contributed by atoms with Crippen molar-refractivity contribution in [2.24, 2.45) is 0 Å². The Balaban J connectivity index is 2.15. The fourth-order valence-electron chi connectivity index (χ4n) is 4.06. The molecule has 0 atom stereocenters. The number of rotatable bonds is 13. The summed E-state index contributed by atoms with van der Waals surface area (Å²) in [6.45, 7) is 4.29. The molecule has 0 N–H and O–H groups in total. The third-order valence-electron chi connectivity index (χ3n) is 5.64. The molecule has 0 fully saturated rings. The zero-order chi connectivity index (χ0) is 30.4. The van der Waals surface area contributed by atoms with Crippen molar-refractivity contribution in [2.45, 2.75) is 20.3 Å². The average molecular weight is 607 g/mol. The minimum atomic E-state index is -3.87. The molecule has 0 heterocycles. The molecule has 0 saturated carbocycles. The van der Waals surface area contributed by atoms with Gasteiger partial charge in [0.2, 0.25) is 0 Å². The van der Waals surface area contributed by atoms with Crippen LogP contribution in [0, 0.1) is 0 Å². The topological polar surface area (TPSA) is 124 Å². The third-order valence-corrected chi connectivity index (χ3v) is 6.62. The van der Waals surface area contributed by atoms with Crippen molar-refractivity contribution in [2.75, 3.05) is 40.4 Å². The summed E-state index contributed by atoms with van der Waals surface area (Å²) >= 11 is 0. The quantitative estimate of drug-likeness (QED) is 0.141. The molecule has 12 heteroatoms. The van der Waals surface area contributed by atoms with Crippen molar-refractivity contribution in [3.8, 4) is 56.8 Å². The predicted molar refractivity (Wildman–Crippen MR) is 157 cm³/mol. The molecule has 0 bridgehead atoms. The third kappa shape index (κ3) is 8.54. The highest BCUT2D eigenvalue weighted by molar-refractivity contribution is 7.86. The maximum absolute atomic E-state index is 12.1. The summed E-state index contributed by atoms with van der Waals surface area (Å²) in [5.41, 5.74) is 3.43. The van der Waals surface area contributed by atoms with E-state index in [4.69, 9.17) is 27.3 Å². The first-order valence-corrected chi connectivity index (χ1v) is 16.0. The maximum atomic E-state index is 12.1. The summed E-state index contributed by atoms with van der Waals surface area (Å²) in [6.07, 6.45) is 4.58. The number of hydrogen-bond acceptors (Lipinski definition) is 10. The van der Waals surface area contributed by atoms with E-state index in [0.717, 1.165) is 18.1 Å². The minimum Gasteiger partial charge on any atom is -0.496 e. The van der Waals surface area contributed by atoms with Crippen molar-refractivity contribution in [3.05, 3.63) is 60.2 Å². The Kier molecular flexibility index (Phi) is 10.2. The minimum absolute atomic E-state index is 0.0100. The molecule has 3 aromatic carbocycles. The van der Waals surface area contributed by atoms with Gasteiger partial charge in [0.1, 0.15) is 11.5 Å². The monoisotopic (exact) mass is 606 g/mol. The summed E-state index contributed by atoms with van der Waals surface area (Å²) in [4.78, 5) is 0. The molecule has 0 aliphatic rings. The van der Waals surface area contributed by atoms with Gasteiger partial charge in [-0.05, 0) is 61.7 Å². The predicted octanol–water partition coefficient (Wildman–Crippen LogP) is 5.46. The number of hydrogen-bond donors (Lipinski definition) is 0. The van der Waals surface area contributed by atoms with Crippen molar-refractivity contribution >= 4 is 20.2 Å². The first kappa shape index (κ1) is 31.6. The van der Waals surface area contributed by atoms with Crippen LogP contribution in [0.5, 0.6) is 34.5 Å². The second-order valence-electron chi connectivity index (χ2n) is 9.25. The summed E-state index contributed by atoms with van der Waals surface area (Å²) in [5, 5.41) is 0. The molecule has 0 saturated heterocycles. The van der Waals surface area contributed by atoms with Crippen LogP contribution in [0.1, 0.15) is 20.3 Å². The van der Waals surface area contributed by atoms with Crippen LogP contribution in [-0.4, -0.2) is 57.3 Å². The zero-order valence-corrected chi connectivity index (χ0v) is 25.6. The average Bonchev–Trinajstić information content (AvgIpc) is 2.89. The lowest BCUT2D eigenvalue weighted by molar-refractivity contribution is 0.314. The van der Waals surface area contributed by atoms with E-state index in [9.17, 15) is 16.8 Å². The van der Waals surface area contributed by atoms with Crippen molar-refractivity contribution < 1.29 is 44.1 Å². The molecule has 10 nitrogen and oxygen atoms in total. The molecular weight excluding hydrogens is 572 g/mol. The van der Waals surface area contributed by atoms with E-state index in [2.05, 4.69) is 0 Å². The summed E-state index contributed by atoms with van der Waals surface area (Å²) in [7, 11) is -3.10. The van der Waals surface area contributed by atoms with E-state index in [1.165, 1.54) is 39.5 Å². The molecule has 222 valence electrons. The summed E-state index contributed by atoms with van der Waals surface area (Å²) in [5.74, 6) is 1.52. The molecule has 0 spiro atoms. The van der Waals surface area contributed by atoms with Crippen LogP contribution in [0.15, 0.2) is 60.2 Å². The molecule has 0 radical (unpaired) electrons. The van der Waals surface area contributed by atoms with Crippen molar-refractivity contribution in [1.82, 2.24) is 0 Å². The Morgan fingerprint density at radius 2 is 1.32 bits per heavy atom. The first-order chi connectivity index (χ1) is 19.3. The Hall–Kier alpha value is -3.90. The van der Waals surface area contributed by atoms with Gasteiger partial charge in [-0.2, -0.15) is 16.8 Å². The van der Waals surface area contributed by atoms with E-state index >= 15 is 0 Å². The molecule has 3 aromatic rings. The van der Waals surface area contributed by atoms with E-state index in [1.54, 1.807) is 30.3 Å². The number of ether oxygens (including phenoxy) is 4. The molecular formula is C29H34O10S2. The highest BCUT2D eigenvalue weighted by Gasteiger charge is 2.25. The van der Waals surface area contributed by atoms with Crippen LogP contribution < -0.4 is 27.3 Å². The van der Waals surface area contributed by atoms with Gasteiger partial charge in [0.05, 0.1) is 46.0 Å².